The van der Waals surface area contributed by atoms with Crippen molar-refractivity contribution in [1.82, 2.24) is 9.55 Å². The summed E-state index contributed by atoms with van der Waals surface area (Å²) >= 11 is 2.72. The van der Waals surface area contributed by atoms with Crippen molar-refractivity contribution >= 4 is 44.9 Å². The number of carbonyl (C=O) groups excluding carboxylic acids is 1. The molecule has 0 aliphatic carbocycles. The van der Waals surface area contributed by atoms with Crippen LogP contribution < -0.4 is 10.9 Å². The summed E-state index contributed by atoms with van der Waals surface area (Å²) in [5.74, 6) is -0.495. The van der Waals surface area contributed by atoms with E-state index < -0.39 is 0 Å². The van der Waals surface area contributed by atoms with Crippen LogP contribution >= 0.6 is 23.1 Å². The lowest BCUT2D eigenvalue weighted by Gasteiger charge is -2.13. The van der Waals surface area contributed by atoms with Crippen molar-refractivity contribution < 1.29 is 9.18 Å². The first-order valence-electron chi connectivity index (χ1n) is 11.1. The molecule has 0 spiro atoms. The van der Waals surface area contributed by atoms with Gasteiger partial charge in [0.05, 0.1) is 16.8 Å². The van der Waals surface area contributed by atoms with Gasteiger partial charge in [0.2, 0.25) is 5.91 Å². The maximum Gasteiger partial charge on any atom is 0.267 e. The Balaban J connectivity index is 1.70. The number of nitrogens with zero attached hydrogens (tertiary/aromatic N) is 2. The van der Waals surface area contributed by atoms with Gasteiger partial charge in [0, 0.05) is 10.6 Å². The fourth-order valence-corrected chi connectivity index (χ4v) is 5.87. The van der Waals surface area contributed by atoms with Gasteiger partial charge in [-0.3, -0.25) is 14.2 Å². The number of thiophene rings is 1. The van der Waals surface area contributed by atoms with Crippen LogP contribution in [-0.4, -0.2) is 21.2 Å². The molecule has 0 saturated heterocycles. The number of carbonyl (C=O) groups is 1. The van der Waals surface area contributed by atoms with Gasteiger partial charge in [-0.15, -0.1) is 11.3 Å². The average Bonchev–Trinajstić information content (AvgIpc) is 3.11. The summed E-state index contributed by atoms with van der Waals surface area (Å²) in [4.78, 5) is 32.9. The molecule has 1 N–H and O–H groups in total. The molecule has 0 atom stereocenters. The minimum absolute atomic E-state index is 0.0816. The Bertz CT molecular complexity index is 1420. The van der Waals surface area contributed by atoms with E-state index in [-0.39, 0.29) is 23.0 Å². The Morgan fingerprint density at radius 2 is 1.85 bits per heavy atom. The molecule has 8 heteroatoms. The molecule has 0 saturated carbocycles. The number of aryl methyl sites for hydroxylation is 4. The van der Waals surface area contributed by atoms with Crippen LogP contribution in [0.5, 0.6) is 0 Å². The number of hydrogen-bond acceptors (Lipinski definition) is 5. The number of halogens is 1. The van der Waals surface area contributed by atoms with Crippen LogP contribution in [0.2, 0.25) is 0 Å². The van der Waals surface area contributed by atoms with Crippen LogP contribution in [-0.2, 0) is 11.2 Å². The number of aromatic nitrogens is 2. The fraction of sp³-hybridized carbons (Fsp3) is 0.269. The lowest BCUT2D eigenvalue weighted by atomic mass is 10.1. The van der Waals surface area contributed by atoms with Crippen molar-refractivity contribution in [2.24, 2.45) is 0 Å². The molecule has 0 fully saturated rings. The molecule has 34 heavy (non-hydrogen) atoms. The molecule has 4 aromatic rings. The van der Waals surface area contributed by atoms with Crippen molar-refractivity contribution in [2.45, 2.75) is 45.7 Å². The standard InChI is InChI=1S/C26H26FN3O2S2/c1-5-6-21-17(4)23-24(34-21)29-26(30(25(23)32)20-11-8-18(27)9-12-20)33-14-22(31)28-19-10-7-15(2)16(3)13-19/h7-13H,5-6,14H2,1-4H3,(H,28,31). The van der Waals surface area contributed by atoms with E-state index in [0.29, 0.717) is 21.1 Å². The van der Waals surface area contributed by atoms with E-state index in [9.17, 15) is 14.0 Å². The number of thioether (sulfide) groups is 1. The van der Waals surface area contributed by atoms with Crippen LogP contribution in [0, 0.1) is 26.6 Å². The molecule has 5 nitrogen and oxygen atoms in total. The highest BCUT2D eigenvalue weighted by molar-refractivity contribution is 7.99. The molecular formula is C26H26FN3O2S2. The van der Waals surface area contributed by atoms with Crippen LogP contribution in [0.4, 0.5) is 10.1 Å². The second kappa shape index (κ2) is 10.1. The highest BCUT2D eigenvalue weighted by Crippen LogP contribution is 2.31. The first-order valence-corrected chi connectivity index (χ1v) is 12.9. The summed E-state index contributed by atoms with van der Waals surface area (Å²) in [5.41, 5.74) is 4.23. The minimum Gasteiger partial charge on any atom is -0.325 e. The van der Waals surface area contributed by atoms with Crippen LogP contribution in [0.3, 0.4) is 0 Å². The lowest BCUT2D eigenvalue weighted by Crippen LogP contribution is -2.23. The molecule has 2 heterocycles. The van der Waals surface area contributed by atoms with Gasteiger partial charge >= 0.3 is 0 Å². The van der Waals surface area contributed by atoms with Crippen LogP contribution in [0.15, 0.2) is 52.4 Å². The Hall–Kier alpha value is -2.97. The fourth-order valence-electron chi connectivity index (χ4n) is 3.74. The zero-order valence-corrected chi connectivity index (χ0v) is 21.2. The van der Waals surface area contributed by atoms with E-state index >= 15 is 0 Å². The molecule has 0 aliphatic rings. The summed E-state index contributed by atoms with van der Waals surface area (Å²) in [6.45, 7) is 8.07. The smallest absolute Gasteiger partial charge is 0.267 e. The molecule has 0 unspecified atom stereocenters. The zero-order chi connectivity index (χ0) is 24.4. The summed E-state index contributed by atoms with van der Waals surface area (Å²) < 4.78 is 15.0. The van der Waals surface area contributed by atoms with Gasteiger partial charge < -0.3 is 5.32 Å². The number of nitrogens with one attached hydrogen (secondary N) is 1. The number of hydrogen-bond donors (Lipinski definition) is 1. The first-order chi connectivity index (χ1) is 16.3. The van der Waals surface area contributed by atoms with Gasteiger partial charge in [0.15, 0.2) is 5.16 Å². The van der Waals surface area contributed by atoms with Gasteiger partial charge in [-0.1, -0.05) is 31.2 Å². The number of benzene rings is 2. The van der Waals surface area contributed by atoms with Crippen molar-refractivity contribution in [3.05, 3.63) is 80.2 Å². The van der Waals surface area contributed by atoms with Gasteiger partial charge in [-0.05, 0) is 80.3 Å². The zero-order valence-electron chi connectivity index (χ0n) is 19.6. The largest absolute Gasteiger partial charge is 0.325 e. The van der Waals surface area contributed by atoms with E-state index in [1.165, 1.54) is 39.8 Å². The second-order valence-corrected chi connectivity index (χ2v) is 10.3. The van der Waals surface area contributed by atoms with Gasteiger partial charge in [-0.2, -0.15) is 0 Å². The monoisotopic (exact) mass is 495 g/mol. The molecule has 0 radical (unpaired) electrons. The summed E-state index contributed by atoms with van der Waals surface area (Å²) in [7, 11) is 0. The number of fused-ring (bicyclic) bond motifs is 1. The SMILES string of the molecule is CCCc1sc2nc(SCC(=O)Nc3ccc(C)c(C)c3)n(-c3ccc(F)cc3)c(=O)c2c1C. The lowest BCUT2D eigenvalue weighted by molar-refractivity contribution is -0.113. The van der Waals surface area contributed by atoms with E-state index in [1.54, 1.807) is 12.1 Å². The van der Waals surface area contributed by atoms with Gasteiger partial charge in [-0.25, -0.2) is 9.37 Å². The highest BCUT2D eigenvalue weighted by Gasteiger charge is 2.20. The van der Waals surface area contributed by atoms with Crippen molar-refractivity contribution in [3.63, 3.8) is 0 Å². The quantitative estimate of drug-likeness (QED) is 0.245. The molecule has 2 aromatic heterocycles. The molecular weight excluding hydrogens is 469 g/mol. The first kappa shape index (κ1) is 24.2. The third-order valence-corrected chi connectivity index (χ3v) is 7.90. The summed E-state index contributed by atoms with van der Waals surface area (Å²) in [6.07, 6.45) is 1.85. The molecule has 1 amide bonds. The average molecular weight is 496 g/mol. The minimum atomic E-state index is -0.384. The molecule has 0 aliphatic heterocycles. The van der Waals surface area contributed by atoms with Crippen molar-refractivity contribution in [1.29, 1.82) is 0 Å². The summed E-state index contributed by atoms with van der Waals surface area (Å²) in [6, 6.07) is 11.5. The van der Waals surface area contributed by atoms with Crippen molar-refractivity contribution in [3.8, 4) is 5.69 Å². The van der Waals surface area contributed by atoms with E-state index in [2.05, 4.69) is 12.2 Å². The summed E-state index contributed by atoms with van der Waals surface area (Å²) in [5, 5.41) is 3.90. The molecule has 2 aromatic carbocycles. The van der Waals surface area contributed by atoms with Gasteiger partial charge in [0.1, 0.15) is 10.6 Å². The molecule has 4 rings (SSSR count). The predicted molar refractivity (Wildman–Crippen MR) is 139 cm³/mol. The third kappa shape index (κ3) is 4.93. The number of amides is 1. The van der Waals surface area contributed by atoms with Crippen molar-refractivity contribution in [2.75, 3.05) is 11.1 Å². The Morgan fingerprint density at radius 1 is 1.12 bits per heavy atom. The second-order valence-electron chi connectivity index (χ2n) is 8.23. The maximum atomic E-state index is 13.6. The normalized spacial score (nSPS) is 11.2. The van der Waals surface area contributed by atoms with E-state index in [4.69, 9.17) is 4.98 Å². The van der Waals surface area contributed by atoms with Crippen LogP contribution in [0.25, 0.3) is 15.9 Å². The Labute approximate surface area is 206 Å². The maximum absolute atomic E-state index is 13.6. The Kier molecular flexibility index (Phi) is 7.19. The Morgan fingerprint density at radius 3 is 2.53 bits per heavy atom. The predicted octanol–water partition coefficient (Wildman–Crippen LogP) is 6.19. The van der Waals surface area contributed by atoms with Gasteiger partial charge in [0.25, 0.3) is 5.56 Å². The third-order valence-electron chi connectivity index (χ3n) is 5.72. The topological polar surface area (TPSA) is 64.0 Å². The van der Waals surface area contributed by atoms with Crippen LogP contribution in [0.1, 0.15) is 34.9 Å². The molecule has 176 valence electrons. The number of rotatable bonds is 7. The van der Waals surface area contributed by atoms with E-state index in [1.807, 2.05) is 39.0 Å². The number of anilines is 1. The molecule has 0 bridgehead atoms. The van der Waals surface area contributed by atoms with E-state index in [0.717, 1.165) is 40.1 Å². The highest BCUT2D eigenvalue weighted by atomic mass is 32.2.